The fraction of sp³-hybridized carbons (Fsp3) is 0.0435. The number of nitro benzene ring substituents is 1. The fourth-order valence-electron chi connectivity index (χ4n) is 3.89. The van der Waals surface area contributed by atoms with Gasteiger partial charge >= 0.3 is 0 Å². The molecule has 0 amide bonds. The van der Waals surface area contributed by atoms with E-state index in [4.69, 9.17) is 0 Å². The predicted octanol–water partition coefficient (Wildman–Crippen LogP) is 6.77. The molecule has 0 aliphatic carbocycles. The van der Waals surface area contributed by atoms with Crippen molar-refractivity contribution in [2.24, 2.45) is 7.05 Å². The van der Waals surface area contributed by atoms with Gasteiger partial charge in [0.1, 0.15) is 5.82 Å². The van der Waals surface area contributed by atoms with E-state index in [9.17, 15) is 14.5 Å². The van der Waals surface area contributed by atoms with Crippen molar-refractivity contribution in [3.63, 3.8) is 0 Å². The van der Waals surface area contributed by atoms with E-state index in [0.717, 1.165) is 38.0 Å². The van der Waals surface area contributed by atoms with Gasteiger partial charge in [0.15, 0.2) is 0 Å². The molecule has 5 aromatic rings. The summed E-state index contributed by atoms with van der Waals surface area (Å²) in [4.78, 5) is 10.7. The van der Waals surface area contributed by atoms with Crippen LogP contribution in [-0.4, -0.2) is 9.49 Å². The minimum absolute atomic E-state index is 0.0631. The van der Waals surface area contributed by atoms with E-state index in [1.54, 1.807) is 35.6 Å². The fourth-order valence-corrected chi connectivity index (χ4v) is 5.20. The number of aromatic nitrogens is 1. The lowest BCUT2D eigenvalue weighted by molar-refractivity contribution is -0.384. The van der Waals surface area contributed by atoms with Crippen LogP contribution in [0.3, 0.4) is 0 Å². The lowest BCUT2D eigenvalue weighted by atomic mass is 10.1. The maximum absolute atomic E-state index is 13.5. The summed E-state index contributed by atoms with van der Waals surface area (Å²) in [5.41, 5.74) is 3.90. The lowest BCUT2D eigenvalue weighted by Crippen LogP contribution is -1.96. The van der Waals surface area contributed by atoms with E-state index in [1.807, 2.05) is 19.2 Å². The second-order valence-corrected chi connectivity index (χ2v) is 7.92. The van der Waals surface area contributed by atoms with Crippen LogP contribution in [0.4, 0.5) is 10.1 Å². The third-order valence-corrected chi connectivity index (χ3v) is 6.36. The summed E-state index contributed by atoms with van der Waals surface area (Å²) in [7, 11) is 1.98. The highest BCUT2D eigenvalue weighted by molar-refractivity contribution is 7.26. The molecule has 29 heavy (non-hydrogen) atoms. The molecule has 0 aliphatic rings. The second kappa shape index (κ2) is 6.53. The monoisotopic (exact) mass is 402 g/mol. The van der Waals surface area contributed by atoms with Crippen molar-refractivity contribution in [2.45, 2.75) is 0 Å². The molecule has 142 valence electrons. The Morgan fingerprint density at radius 1 is 0.897 bits per heavy atom. The smallest absolute Gasteiger partial charge is 0.269 e. The average Bonchev–Trinajstić information content (AvgIpc) is 3.22. The molecule has 0 N–H and O–H groups in total. The highest BCUT2D eigenvalue weighted by Crippen LogP contribution is 2.46. The molecule has 0 radical (unpaired) electrons. The first-order valence-electron chi connectivity index (χ1n) is 9.05. The van der Waals surface area contributed by atoms with Crippen molar-refractivity contribution in [1.29, 1.82) is 0 Å². The molecule has 0 spiro atoms. The highest BCUT2D eigenvalue weighted by atomic mass is 32.1. The quantitative estimate of drug-likeness (QED) is 0.247. The summed E-state index contributed by atoms with van der Waals surface area (Å²) in [6, 6.07) is 21.3. The SMILES string of the molecule is Cn1c(-c2ccc(F)cc2)c2sc3ccccc3c2c1-c1ccc([N+](=O)[O-])cc1. The summed E-state index contributed by atoms with van der Waals surface area (Å²) in [6.07, 6.45) is 0. The number of hydrogen-bond acceptors (Lipinski definition) is 3. The zero-order chi connectivity index (χ0) is 20.1. The topological polar surface area (TPSA) is 48.1 Å². The van der Waals surface area contributed by atoms with Crippen molar-refractivity contribution in [2.75, 3.05) is 0 Å². The van der Waals surface area contributed by atoms with E-state index in [-0.39, 0.29) is 11.5 Å². The number of rotatable bonds is 3. The van der Waals surface area contributed by atoms with Crippen LogP contribution in [0, 0.1) is 15.9 Å². The van der Waals surface area contributed by atoms with Crippen LogP contribution in [-0.2, 0) is 7.05 Å². The van der Waals surface area contributed by atoms with E-state index in [1.165, 1.54) is 29.0 Å². The van der Waals surface area contributed by atoms with Crippen LogP contribution in [0.25, 0.3) is 42.7 Å². The number of fused-ring (bicyclic) bond motifs is 3. The van der Waals surface area contributed by atoms with Crippen LogP contribution in [0.1, 0.15) is 0 Å². The van der Waals surface area contributed by atoms with Gasteiger partial charge < -0.3 is 4.57 Å². The van der Waals surface area contributed by atoms with Gasteiger partial charge in [0, 0.05) is 34.7 Å². The summed E-state index contributed by atoms with van der Waals surface area (Å²) in [5.74, 6) is -0.272. The van der Waals surface area contributed by atoms with Crippen LogP contribution < -0.4 is 0 Å². The van der Waals surface area contributed by atoms with Crippen molar-refractivity contribution < 1.29 is 9.31 Å². The standard InChI is InChI=1S/C23H15FN2O2S/c1-25-21(14-8-12-17(13-9-14)26(27)28)20-18-4-2-3-5-19(18)29-23(20)22(25)15-6-10-16(24)11-7-15/h2-13H,1H3. The molecule has 3 aromatic carbocycles. The van der Waals surface area contributed by atoms with Gasteiger partial charge in [-0.1, -0.05) is 18.2 Å². The summed E-state index contributed by atoms with van der Waals surface area (Å²) in [5, 5.41) is 13.3. The molecule has 2 heterocycles. The van der Waals surface area contributed by atoms with Crippen LogP contribution in [0.5, 0.6) is 0 Å². The maximum atomic E-state index is 13.5. The number of non-ortho nitro benzene ring substituents is 1. The van der Waals surface area contributed by atoms with Crippen molar-refractivity contribution >= 4 is 37.2 Å². The molecule has 2 aromatic heterocycles. The molecule has 0 aliphatic heterocycles. The molecule has 0 unspecified atom stereocenters. The number of hydrogen-bond donors (Lipinski definition) is 0. The van der Waals surface area contributed by atoms with Gasteiger partial charge in [0.05, 0.1) is 21.0 Å². The molecule has 5 rings (SSSR count). The van der Waals surface area contributed by atoms with Gasteiger partial charge in [-0.2, -0.15) is 0 Å². The Morgan fingerprint density at radius 3 is 2.21 bits per heavy atom. The summed E-state index contributed by atoms with van der Waals surface area (Å²) < 4.78 is 17.9. The van der Waals surface area contributed by atoms with Crippen LogP contribution in [0.15, 0.2) is 72.8 Å². The van der Waals surface area contributed by atoms with Crippen LogP contribution >= 0.6 is 11.3 Å². The Balaban J connectivity index is 1.86. The van der Waals surface area contributed by atoms with Gasteiger partial charge in [-0.15, -0.1) is 11.3 Å². The van der Waals surface area contributed by atoms with Gasteiger partial charge in [0.25, 0.3) is 5.69 Å². The Bertz CT molecular complexity index is 1380. The molecule has 6 heteroatoms. The Morgan fingerprint density at radius 2 is 1.52 bits per heavy atom. The number of halogens is 1. The normalized spacial score (nSPS) is 11.4. The van der Waals surface area contributed by atoms with Crippen molar-refractivity contribution in [1.82, 2.24) is 4.57 Å². The van der Waals surface area contributed by atoms with Gasteiger partial charge in [-0.3, -0.25) is 10.1 Å². The third-order valence-electron chi connectivity index (χ3n) is 5.19. The number of nitrogens with zero attached hydrogens (tertiary/aromatic N) is 2. The maximum Gasteiger partial charge on any atom is 0.269 e. The Labute approximate surface area is 169 Å². The Hall–Kier alpha value is -3.51. The van der Waals surface area contributed by atoms with E-state index < -0.39 is 4.92 Å². The van der Waals surface area contributed by atoms with E-state index in [2.05, 4.69) is 16.7 Å². The zero-order valence-corrected chi connectivity index (χ0v) is 16.2. The molecule has 0 saturated heterocycles. The molecule has 0 saturated carbocycles. The van der Waals surface area contributed by atoms with Gasteiger partial charge in [-0.05, 0) is 53.6 Å². The predicted molar refractivity (Wildman–Crippen MR) is 116 cm³/mol. The first-order chi connectivity index (χ1) is 14.0. The minimum Gasteiger partial charge on any atom is -0.342 e. The second-order valence-electron chi connectivity index (χ2n) is 6.87. The number of nitro groups is 1. The third kappa shape index (κ3) is 2.72. The van der Waals surface area contributed by atoms with Gasteiger partial charge in [-0.25, -0.2) is 4.39 Å². The van der Waals surface area contributed by atoms with Crippen molar-refractivity contribution in [3.05, 3.63) is 88.7 Å². The first-order valence-corrected chi connectivity index (χ1v) is 9.87. The highest BCUT2D eigenvalue weighted by Gasteiger charge is 2.22. The Kier molecular flexibility index (Phi) is 3.96. The molecule has 0 bridgehead atoms. The summed E-state index contributed by atoms with van der Waals surface area (Å²) in [6.45, 7) is 0. The molecule has 4 nitrogen and oxygen atoms in total. The van der Waals surface area contributed by atoms with Gasteiger partial charge in [0.2, 0.25) is 0 Å². The number of benzene rings is 3. The van der Waals surface area contributed by atoms with E-state index >= 15 is 0 Å². The molecule has 0 atom stereocenters. The number of thiophene rings is 1. The molecular formula is C23H15FN2O2S. The minimum atomic E-state index is -0.395. The summed E-state index contributed by atoms with van der Waals surface area (Å²) >= 11 is 1.70. The zero-order valence-electron chi connectivity index (χ0n) is 15.4. The average molecular weight is 402 g/mol. The van der Waals surface area contributed by atoms with Crippen molar-refractivity contribution in [3.8, 4) is 22.5 Å². The lowest BCUT2D eigenvalue weighted by Gasteiger charge is -2.09. The largest absolute Gasteiger partial charge is 0.342 e. The van der Waals surface area contributed by atoms with E-state index in [0.29, 0.717) is 0 Å². The molecule has 0 fully saturated rings. The van der Waals surface area contributed by atoms with Crippen LogP contribution in [0.2, 0.25) is 0 Å². The first kappa shape index (κ1) is 17.6. The molecular weight excluding hydrogens is 387 g/mol.